The van der Waals surface area contributed by atoms with Crippen LogP contribution in [0.3, 0.4) is 0 Å². The molecule has 3 aromatic heterocycles. The van der Waals surface area contributed by atoms with E-state index in [0.717, 1.165) is 55.2 Å². The van der Waals surface area contributed by atoms with Crippen molar-refractivity contribution in [1.29, 1.82) is 0 Å². The van der Waals surface area contributed by atoms with Gasteiger partial charge in [-0.05, 0) is 25.5 Å². The Morgan fingerprint density at radius 2 is 2.13 bits per heavy atom. The largest absolute Gasteiger partial charge is 0.496 e. The van der Waals surface area contributed by atoms with E-state index >= 15 is 0 Å². The minimum Gasteiger partial charge on any atom is -0.496 e. The fraction of sp³-hybridized carbons (Fsp3) is 0.286. The predicted octanol–water partition coefficient (Wildman–Crippen LogP) is 5.32. The number of hydrogen-bond acceptors (Lipinski definition) is 7. The maximum Gasteiger partial charge on any atom is 0.227 e. The van der Waals surface area contributed by atoms with Crippen molar-refractivity contribution in [3.05, 3.63) is 41.7 Å². The van der Waals surface area contributed by atoms with Crippen molar-refractivity contribution in [2.75, 3.05) is 24.4 Å². The van der Waals surface area contributed by atoms with Gasteiger partial charge in [-0.1, -0.05) is 15.9 Å². The van der Waals surface area contributed by atoms with E-state index in [1.165, 1.54) is 0 Å². The first-order valence-corrected chi connectivity index (χ1v) is 11.4. The molecule has 0 saturated carbocycles. The number of anilines is 2. The summed E-state index contributed by atoms with van der Waals surface area (Å²) in [5.41, 5.74) is 3.77. The van der Waals surface area contributed by atoms with E-state index in [0.29, 0.717) is 12.6 Å². The molecule has 9 heteroatoms. The number of aromatic nitrogens is 4. The summed E-state index contributed by atoms with van der Waals surface area (Å²) >= 11 is 5.09. The van der Waals surface area contributed by atoms with Crippen LogP contribution < -0.4 is 14.8 Å². The zero-order valence-electron chi connectivity index (χ0n) is 17.0. The molecule has 0 aliphatic heterocycles. The van der Waals surface area contributed by atoms with Crippen LogP contribution >= 0.6 is 27.3 Å². The van der Waals surface area contributed by atoms with E-state index in [2.05, 4.69) is 38.3 Å². The van der Waals surface area contributed by atoms with Gasteiger partial charge in [-0.25, -0.2) is 9.97 Å². The number of nitrogens with zero attached hydrogens (tertiary/aromatic N) is 4. The van der Waals surface area contributed by atoms with Gasteiger partial charge in [-0.3, -0.25) is 4.68 Å². The summed E-state index contributed by atoms with van der Waals surface area (Å²) in [6.45, 7) is 2.75. The highest BCUT2D eigenvalue weighted by Gasteiger charge is 2.18. The van der Waals surface area contributed by atoms with Gasteiger partial charge >= 0.3 is 0 Å². The van der Waals surface area contributed by atoms with E-state index in [1.54, 1.807) is 29.3 Å². The minimum absolute atomic E-state index is 0.531. The van der Waals surface area contributed by atoms with E-state index in [9.17, 15) is 0 Å². The lowest BCUT2D eigenvalue weighted by Gasteiger charge is -2.12. The Bertz CT molecular complexity index is 1170. The molecule has 0 fully saturated rings. The Morgan fingerprint density at radius 1 is 1.27 bits per heavy atom. The normalized spacial score (nSPS) is 11.1. The molecule has 0 radical (unpaired) electrons. The quantitative estimate of drug-likeness (QED) is 0.268. The molecule has 0 spiro atoms. The molecule has 0 aliphatic rings. The van der Waals surface area contributed by atoms with Gasteiger partial charge in [0.2, 0.25) is 5.95 Å². The number of halogens is 1. The van der Waals surface area contributed by atoms with Crippen molar-refractivity contribution < 1.29 is 9.47 Å². The van der Waals surface area contributed by atoms with Crippen LogP contribution in [0, 0.1) is 6.92 Å². The lowest BCUT2D eigenvalue weighted by atomic mass is 10.0. The Balaban J connectivity index is 1.72. The molecule has 0 saturated heterocycles. The molecule has 0 atom stereocenters. The summed E-state index contributed by atoms with van der Waals surface area (Å²) in [4.78, 5) is 10.4. The van der Waals surface area contributed by atoms with Crippen molar-refractivity contribution in [3.63, 3.8) is 0 Å². The number of fused-ring (bicyclic) bond motifs is 1. The summed E-state index contributed by atoms with van der Waals surface area (Å²) in [6, 6.07) is 5.95. The van der Waals surface area contributed by atoms with Crippen LogP contribution in [0.25, 0.3) is 21.3 Å². The van der Waals surface area contributed by atoms with Gasteiger partial charge in [0, 0.05) is 40.6 Å². The number of methoxy groups -OCH3 is 1. The molecular formula is C21H22BrN5O2S. The summed E-state index contributed by atoms with van der Waals surface area (Å²) in [5.74, 6) is 2.08. The van der Waals surface area contributed by atoms with Crippen molar-refractivity contribution in [3.8, 4) is 22.6 Å². The average Bonchev–Trinajstić information content (AvgIpc) is 3.29. The van der Waals surface area contributed by atoms with Gasteiger partial charge in [0.05, 0.1) is 42.0 Å². The van der Waals surface area contributed by atoms with Crippen LogP contribution in [0.1, 0.15) is 11.3 Å². The lowest BCUT2D eigenvalue weighted by Crippen LogP contribution is -1.99. The second-order valence-electron chi connectivity index (χ2n) is 6.72. The molecule has 1 aromatic carbocycles. The third-order valence-electron chi connectivity index (χ3n) is 4.56. The summed E-state index contributed by atoms with van der Waals surface area (Å²) in [5, 5.41) is 8.30. The summed E-state index contributed by atoms with van der Waals surface area (Å²) in [6.07, 6.45) is 6.42. The monoisotopic (exact) mass is 487 g/mol. The molecule has 156 valence electrons. The summed E-state index contributed by atoms with van der Waals surface area (Å²) in [7, 11) is 3.55. The van der Waals surface area contributed by atoms with Crippen LogP contribution in [0.4, 0.5) is 11.6 Å². The van der Waals surface area contributed by atoms with E-state index in [-0.39, 0.29) is 0 Å². The highest BCUT2D eigenvalue weighted by Crippen LogP contribution is 2.42. The Morgan fingerprint density at radius 3 is 2.87 bits per heavy atom. The van der Waals surface area contributed by atoms with Crippen LogP contribution in [-0.2, 0) is 7.05 Å². The molecule has 0 amide bonds. The standard InChI is InChI=1S/C21H22BrN5O2S/c1-13-19(16-6-5-15(9-17(16)28-3)29-8-4-7-22)20-18(30-13)11-23-21(26-20)25-14-10-24-27(2)12-14/h5-6,9-12H,4,7-8H2,1-3H3,(H,23,25,26). The molecule has 30 heavy (non-hydrogen) atoms. The zero-order valence-corrected chi connectivity index (χ0v) is 19.4. The van der Waals surface area contributed by atoms with Crippen LogP contribution in [0.15, 0.2) is 36.8 Å². The van der Waals surface area contributed by atoms with Crippen molar-refractivity contribution in [2.24, 2.45) is 7.05 Å². The van der Waals surface area contributed by atoms with Crippen molar-refractivity contribution in [1.82, 2.24) is 19.7 Å². The smallest absolute Gasteiger partial charge is 0.227 e. The minimum atomic E-state index is 0.531. The predicted molar refractivity (Wildman–Crippen MR) is 125 cm³/mol. The molecule has 3 heterocycles. The number of thiophene rings is 1. The van der Waals surface area contributed by atoms with E-state index in [4.69, 9.17) is 14.5 Å². The molecule has 4 aromatic rings. The molecule has 4 rings (SSSR count). The molecule has 1 N–H and O–H groups in total. The van der Waals surface area contributed by atoms with Gasteiger partial charge in [0.1, 0.15) is 11.5 Å². The van der Waals surface area contributed by atoms with Gasteiger partial charge < -0.3 is 14.8 Å². The fourth-order valence-corrected chi connectivity index (χ4v) is 4.43. The number of alkyl halides is 1. The fourth-order valence-electron chi connectivity index (χ4n) is 3.21. The van der Waals surface area contributed by atoms with Crippen LogP contribution in [0.2, 0.25) is 0 Å². The zero-order chi connectivity index (χ0) is 21.1. The van der Waals surface area contributed by atoms with Crippen LogP contribution in [0.5, 0.6) is 11.5 Å². The molecule has 0 unspecified atom stereocenters. The topological polar surface area (TPSA) is 74.1 Å². The van der Waals surface area contributed by atoms with Gasteiger partial charge in [0.25, 0.3) is 0 Å². The van der Waals surface area contributed by atoms with E-state index < -0.39 is 0 Å². The Labute approximate surface area is 187 Å². The molecule has 0 bridgehead atoms. The second kappa shape index (κ2) is 9.01. The lowest BCUT2D eigenvalue weighted by molar-refractivity contribution is 0.316. The average molecular weight is 488 g/mol. The van der Waals surface area contributed by atoms with Crippen molar-refractivity contribution >= 4 is 49.1 Å². The number of hydrogen-bond donors (Lipinski definition) is 1. The maximum absolute atomic E-state index is 5.82. The Kier molecular flexibility index (Phi) is 6.19. The highest BCUT2D eigenvalue weighted by atomic mass is 79.9. The van der Waals surface area contributed by atoms with Crippen molar-refractivity contribution in [2.45, 2.75) is 13.3 Å². The van der Waals surface area contributed by atoms with Gasteiger partial charge in [0.15, 0.2) is 0 Å². The highest BCUT2D eigenvalue weighted by molar-refractivity contribution is 9.09. The molecular weight excluding hydrogens is 466 g/mol. The Hall–Kier alpha value is -2.65. The second-order valence-corrected chi connectivity index (χ2v) is 8.77. The number of ether oxygens (including phenoxy) is 2. The SMILES string of the molecule is COc1cc(OCCCBr)ccc1-c1c(C)sc2cnc(Nc3cnn(C)c3)nc12. The number of nitrogens with one attached hydrogen (secondary N) is 1. The molecule has 7 nitrogen and oxygen atoms in total. The van der Waals surface area contributed by atoms with Gasteiger partial charge in [-0.15, -0.1) is 11.3 Å². The first-order chi connectivity index (χ1) is 14.6. The summed E-state index contributed by atoms with van der Waals surface area (Å²) < 4.78 is 14.3. The van der Waals surface area contributed by atoms with Gasteiger partial charge in [-0.2, -0.15) is 5.10 Å². The first-order valence-electron chi connectivity index (χ1n) is 9.48. The number of aryl methyl sites for hydroxylation is 2. The first kappa shape index (κ1) is 20.6. The van der Waals surface area contributed by atoms with Crippen LogP contribution in [-0.4, -0.2) is 38.8 Å². The third-order valence-corrected chi connectivity index (χ3v) is 6.15. The van der Waals surface area contributed by atoms with E-state index in [1.807, 2.05) is 37.6 Å². The maximum atomic E-state index is 5.82. The third kappa shape index (κ3) is 4.27. The molecule has 0 aliphatic carbocycles. The number of benzene rings is 1. The number of rotatable bonds is 8.